The van der Waals surface area contributed by atoms with Crippen LogP contribution in [0.1, 0.15) is 5.69 Å². The van der Waals surface area contributed by atoms with Gasteiger partial charge in [-0.25, -0.2) is 4.98 Å². The highest BCUT2D eigenvalue weighted by Gasteiger charge is 2.24. The van der Waals surface area contributed by atoms with Crippen LogP contribution in [-0.4, -0.2) is 9.97 Å². The third-order valence-corrected chi connectivity index (χ3v) is 3.30. The first-order valence-electron chi connectivity index (χ1n) is 5.27. The zero-order valence-corrected chi connectivity index (χ0v) is 11.3. The summed E-state index contributed by atoms with van der Waals surface area (Å²) in [4.78, 5) is 8.76. The fourth-order valence-electron chi connectivity index (χ4n) is 1.88. The molecule has 3 aromatic rings. The number of nitrogens with zero attached hydrogens (tertiary/aromatic N) is 2. The van der Waals surface area contributed by atoms with E-state index in [4.69, 9.17) is 34.8 Å². The lowest BCUT2D eigenvalue weighted by Crippen LogP contribution is -2.03. The van der Waals surface area contributed by atoms with E-state index < -0.39 is 3.79 Å². The van der Waals surface area contributed by atoms with E-state index in [0.717, 1.165) is 21.8 Å². The first kappa shape index (κ1) is 12.0. The van der Waals surface area contributed by atoms with Crippen LogP contribution in [0, 0.1) is 0 Å². The van der Waals surface area contributed by atoms with E-state index in [1.54, 1.807) is 12.3 Å². The maximum absolute atomic E-state index is 5.86. The predicted molar refractivity (Wildman–Crippen MR) is 76.3 cm³/mol. The number of hydrogen-bond donors (Lipinski definition) is 0. The van der Waals surface area contributed by atoms with Gasteiger partial charge in [-0.15, -0.1) is 0 Å². The molecule has 3 rings (SSSR count). The minimum absolute atomic E-state index is 0.401. The summed E-state index contributed by atoms with van der Waals surface area (Å²) in [7, 11) is 0. The summed E-state index contributed by atoms with van der Waals surface area (Å²) in [5, 5.41) is 1.98. The summed E-state index contributed by atoms with van der Waals surface area (Å²) >= 11 is 17.6. The molecule has 0 atom stereocenters. The Morgan fingerprint density at radius 2 is 1.50 bits per heavy atom. The fraction of sp³-hybridized carbons (Fsp3) is 0.0769. The summed E-state index contributed by atoms with van der Waals surface area (Å²) in [5.74, 6) is 0. The molecule has 0 aliphatic heterocycles. The van der Waals surface area contributed by atoms with E-state index in [9.17, 15) is 0 Å². The van der Waals surface area contributed by atoms with E-state index >= 15 is 0 Å². The van der Waals surface area contributed by atoms with Gasteiger partial charge in [0.25, 0.3) is 0 Å². The van der Waals surface area contributed by atoms with E-state index in [1.165, 1.54) is 0 Å². The van der Waals surface area contributed by atoms with Crippen LogP contribution in [-0.2, 0) is 3.79 Å². The number of aromatic nitrogens is 2. The van der Waals surface area contributed by atoms with Crippen LogP contribution in [0.5, 0.6) is 0 Å². The largest absolute Gasteiger partial charge is 0.254 e. The molecule has 0 bridgehead atoms. The maximum atomic E-state index is 5.86. The first-order chi connectivity index (χ1) is 8.55. The molecule has 90 valence electrons. The van der Waals surface area contributed by atoms with Gasteiger partial charge in [0, 0.05) is 17.0 Å². The van der Waals surface area contributed by atoms with Crippen LogP contribution in [0.3, 0.4) is 0 Å². The van der Waals surface area contributed by atoms with Crippen molar-refractivity contribution in [3.63, 3.8) is 0 Å². The van der Waals surface area contributed by atoms with Gasteiger partial charge in [0.2, 0.25) is 3.79 Å². The molecule has 5 heteroatoms. The van der Waals surface area contributed by atoms with Gasteiger partial charge in [-0.3, -0.25) is 4.98 Å². The van der Waals surface area contributed by atoms with Crippen molar-refractivity contribution in [2.75, 3.05) is 0 Å². The van der Waals surface area contributed by atoms with Crippen molar-refractivity contribution in [2.45, 2.75) is 3.79 Å². The molecule has 0 fully saturated rings. The Labute approximate surface area is 119 Å². The van der Waals surface area contributed by atoms with Crippen molar-refractivity contribution in [1.82, 2.24) is 9.97 Å². The Balaban J connectivity index is 2.40. The van der Waals surface area contributed by atoms with Crippen molar-refractivity contribution >= 4 is 56.6 Å². The van der Waals surface area contributed by atoms with E-state index in [0.29, 0.717) is 5.69 Å². The molecule has 18 heavy (non-hydrogen) atoms. The second-order valence-corrected chi connectivity index (χ2v) is 6.19. The maximum Gasteiger partial charge on any atom is 0.232 e. The van der Waals surface area contributed by atoms with E-state index in [2.05, 4.69) is 9.97 Å². The van der Waals surface area contributed by atoms with Gasteiger partial charge in [0.1, 0.15) is 0 Å². The molecule has 0 aliphatic rings. The van der Waals surface area contributed by atoms with Gasteiger partial charge in [0.05, 0.1) is 16.7 Å². The Kier molecular flexibility index (Phi) is 2.81. The average molecular weight is 298 g/mol. The molecule has 0 saturated heterocycles. The molecule has 0 radical (unpaired) electrons. The fourth-order valence-corrected chi connectivity index (χ4v) is 2.20. The quantitative estimate of drug-likeness (QED) is 0.447. The topological polar surface area (TPSA) is 25.8 Å². The highest BCUT2D eigenvalue weighted by atomic mass is 35.6. The van der Waals surface area contributed by atoms with Crippen LogP contribution in [0.15, 0.2) is 42.6 Å². The minimum atomic E-state index is -1.52. The highest BCUT2D eigenvalue weighted by molar-refractivity contribution is 6.66. The van der Waals surface area contributed by atoms with Crippen molar-refractivity contribution in [3.8, 4) is 0 Å². The zero-order valence-electron chi connectivity index (χ0n) is 9.07. The number of rotatable bonds is 0. The van der Waals surface area contributed by atoms with Gasteiger partial charge < -0.3 is 0 Å². The Morgan fingerprint density at radius 3 is 2.22 bits per heavy atom. The Morgan fingerprint density at radius 1 is 0.833 bits per heavy atom. The summed E-state index contributed by atoms with van der Waals surface area (Å²) in [6, 6.07) is 11.4. The van der Waals surface area contributed by atoms with Gasteiger partial charge in [0.15, 0.2) is 0 Å². The molecular formula is C13H7Cl3N2. The summed E-state index contributed by atoms with van der Waals surface area (Å²) in [5.41, 5.74) is 1.96. The molecule has 0 aliphatic carbocycles. The van der Waals surface area contributed by atoms with Crippen molar-refractivity contribution in [2.24, 2.45) is 0 Å². The Hall–Kier alpha value is -1.09. The lowest BCUT2D eigenvalue weighted by atomic mass is 10.1. The van der Waals surface area contributed by atoms with Gasteiger partial charge in [-0.2, -0.15) is 0 Å². The average Bonchev–Trinajstić information content (AvgIpc) is 2.37. The third-order valence-electron chi connectivity index (χ3n) is 2.72. The van der Waals surface area contributed by atoms with Crippen LogP contribution in [0.4, 0.5) is 0 Å². The monoisotopic (exact) mass is 296 g/mol. The number of hydrogen-bond acceptors (Lipinski definition) is 2. The van der Waals surface area contributed by atoms with Crippen molar-refractivity contribution in [1.29, 1.82) is 0 Å². The van der Waals surface area contributed by atoms with Crippen LogP contribution in [0.2, 0.25) is 0 Å². The molecular weight excluding hydrogens is 291 g/mol. The molecule has 2 heterocycles. The second-order valence-electron chi connectivity index (χ2n) is 3.91. The predicted octanol–water partition coefficient (Wildman–Crippen LogP) is 4.61. The molecule has 0 unspecified atom stereocenters. The van der Waals surface area contributed by atoms with E-state index in [1.807, 2.05) is 30.3 Å². The lowest BCUT2D eigenvalue weighted by molar-refractivity contribution is 1.12. The smallest absolute Gasteiger partial charge is 0.232 e. The van der Waals surface area contributed by atoms with Crippen LogP contribution < -0.4 is 0 Å². The number of benzene rings is 1. The van der Waals surface area contributed by atoms with Crippen molar-refractivity contribution in [3.05, 3.63) is 48.3 Å². The zero-order chi connectivity index (χ0) is 12.8. The minimum Gasteiger partial charge on any atom is -0.254 e. The Bertz CT molecular complexity index is 735. The van der Waals surface area contributed by atoms with Crippen molar-refractivity contribution < 1.29 is 0 Å². The SMILES string of the molecule is ClC(Cl)(Cl)c1ccc2ccc3cccnc3c2n1. The van der Waals surface area contributed by atoms with Crippen LogP contribution >= 0.6 is 34.8 Å². The highest BCUT2D eigenvalue weighted by Crippen LogP contribution is 2.38. The number of fused-ring (bicyclic) bond motifs is 3. The van der Waals surface area contributed by atoms with Crippen LogP contribution in [0.25, 0.3) is 21.8 Å². The molecule has 0 amide bonds. The molecule has 1 aromatic carbocycles. The number of halogens is 3. The normalized spacial score (nSPS) is 12.2. The molecule has 0 saturated carbocycles. The molecule has 0 N–H and O–H groups in total. The number of alkyl halides is 3. The van der Waals surface area contributed by atoms with Gasteiger partial charge in [-0.1, -0.05) is 59.1 Å². The summed E-state index contributed by atoms with van der Waals surface area (Å²) in [6.07, 6.45) is 1.73. The number of pyridine rings is 2. The van der Waals surface area contributed by atoms with Gasteiger partial charge in [-0.05, 0) is 12.1 Å². The second kappa shape index (κ2) is 4.23. The molecule has 0 spiro atoms. The lowest BCUT2D eigenvalue weighted by Gasteiger charge is -2.11. The summed E-state index contributed by atoms with van der Waals surface area (Å²) < 4.78 is -1.52. The van der Waals surface area contributed by atoms with Gasteiger partial charge >= 0.3 is 0 Å². The first-order valence-corrected chi connectivity index (χ1v) is 6.41. The van der Waals surface area contributed by atoms with E-state index in [-0.39, 0.29) is 0 Å². The third kappa shape index (κ3) is 2.01. The molecule has 2 nitrogen and oxygen atoms in total. The molecule has 2 aromatic heterocycles. The standard InChI is InChI=1S/C13H7Cl3N2/c14-13(15,16)10-6-5-9-4-3-8-2-1-7-17-11(8)12(9)18-10/h1-7H. The summed E-state index contributed by atoms with van der Waals surface area (Å²) in [6.45, 7) is 0.